The highest BCUT2D eigenvalue weighted by Gasteiger charge is 2.29. The fourth-order valence-corrected chi connectivity index (χ4v) is 4.11. The summed E-state index contributed by atoms with van der Waals surface area (Å²) in [6.45, 7) is 0.846. The van der Waals surface area contributed by atoms with Crippen molar-refractivity contribution in [3.05, 3.63) is 31.8 Å². The SMILES string of the molecule is CN(CC1CC(Br)C1)C(=O)c1cc(I)ccc1Br. The molecule has 0 radical (unpaired) electrons. The molecule has 1 aliphatic carbocycles. The Labute approximate surface area is 138 Å². The van der Waals surface area contributed by atoms with Crippen LogP contribution in [-0.2, 0) is 0 Å². The van der Waals surface area contributed by atoms with Crippen molar-refractivity contribution in [1.82, 2.24) is 4.90 Å². The van der Waals surface area contributed by atoms with Crippen molar-refractivity contribution in [2.75, 3.05) is 13.6 Å². The number of alkyl halides is 1. The Hall–Kier alpha value is 0.380. The van der Waals surface area contributed by atoms with E-state index in [0.717, 1.165) is 20.2 Å². The first-order valence-corrected chi connectivity index (χ1v) is 8.60. The molecule has 0 heterocycles. The molecule has 5 heteroatoms. The van der Waals surface area contributed by atoms with Crippen LogP contribution in [0.4, 0.5) is 0 Å². The van der Waals surface area contributed by atoms with E-state index < -0.39 is 0 Å². The minimum absolute atomic E-state index is 0.0958. The monoisotopic (exact) mass is 485 g/mol. The molecule has 0 N–H and O–H groups in total. The van der Waals surface area contributed by atoms with Crippen molar-refractivity contribution < 1.29 is 4.79 Å². The lowest BCUT2D eigenvalue weighted by atomic mass is 9.85. The summed E-state index contributed by atoms with van der Waals surface area (Å²) in [5.74, 6) is 0.739. The highest BCUT2D eigenvalue weighted by atomic mass is 127. The summed E-state index contributed by atoms with van der Waals surface area (Å²) in [6.07, 6.45) is 2.34. The lowest BCUT2D eigenvalue weighted by Gasteiger charge is -2.34. The standard InChI is InChI=1S/C13H14Br2INO/c1-17(7-8-4-9(14)5-8)13(18)11-6-10(16)2-3-12(11)15/h2-3,6,8-9H,4-5,7H2,1H3. The number of hydrogen-bond acceptors (Lipinski definition) is 1. The van der Waals surface area contributed by atoms with E-state index in [2.05, 4.69) is 54.5 Å². The number of amides is 1. The molecule has 0 saturated heterocycles. The van der Waals surface area contributed by atoms with Gasteiger partial charge in [-0.25, -0.2) is 0 Å². The van der Waals surface area contributed by atoms with Crippen LogP contribution in [-0.4, -0.2) is 29.2 Å². The van der Waals surface area contributed by atoms with Crippen LogP contribution in [0.25, 0.3) is 0 Å². The van der Waals surface area contributed by atoms with Crippen LogP contribution in [0.5, 0.6) is 0 Å². The first kappa shape index (κ1) is 14.8. The molecule has 2 nitrogen and oxygen atoms in total. The molecule has 0 aromatic heterocycles. The van der Waals surface area contributed by atoms with E-state index in [1.54, 1.807) is 0 Å². The van der Waals surface area contributed by atoms with E-state index in [1.807, 2.05) is 30.1 Å². The summed E-state index contributed by atoms with van der Waals surface area (Å²) >= 11 is 9.26. The second-order valence-electron chi connectivity index (χ2n) is 4.74. The number of benzene rings is 1. The molecule has 0 aliphatic heterocycles. The molecule has 98 valence electrons. The predicted molar refractivity (Wildman–Crippen MR) is 89.3 cm³/mol. The molecule has 1 aromatic carbocycles. The van der Waals surface area contributed by atoms with Gasteiger partial charge in [-0.2, -0.15) is 0 Å². The molecule has 0 unspecified atom stereocenters. The van der Waals surface area contributed by atoms with Crippen LogP contribution in [0.3, 0.4) is 0 Å². The quantitative estimate of drug-likeness (QED) is 0.461. The Morgan fingerprint density at radius 2 is 2.17 bits per heavy atom. The van der Waals surface area contributed by atoms with E-state index in [4.69, 9.17) is 0 Å². The fourth-order valence-electron chi connectivity index (χ4n) is 2.14. The third-order valence-electron chi connectivity index (χ3n) is 3.22. The summed E-state index contributed by atoms with van der Waals surface area (Å²) in [4.78, 5) is 14.8. The third-order valence-corrected chi connectivity index (χ3v) is 5.33. The van der Waals surface area contributed by atoms with Crippen molar-refractivity contribution in [3.63, 3.8) is 0 Å². The zero-order valence-electron chi connectivity index (χ0n) is 10.00. The Bertz CT molecular complexity index is 460. The van der Waals surface area contributed by atoms with Gasteiger partial charge in [-0.3, -0.25) is 4.79 Å². The zero-order chi connectivity index (χ0) is 13.3. The van der Waals surface area contributed by atoms with Crippen LogP contribution in [0.1, 0.15) is 23.2 Å². The van der Waals surface area contributed by atoms with Gasteiger partial charge in [-0.1, -0.05) is 15.9 Å². The van der Waals surface area contributed by atoms with Crippen LogP contribution in [0.2, 0.25) is 0 Å². The van der Waals surface area contributed by atoms with Gasteiger partial charge >= 0.3 is 0 Å². The topological polar surface area (TPSA) is 20.3 Å². The van der Waals surface area contributed by atoms with Gasteiger partial charge in [0.15, 0.2) is 0 Å². The molecule has 1 aliphatic rings. The molecule has 1 saturated carbocycles. The van der Waals surface area contributed by atoms with Gasteiger partial charge in [-0.05, 0) is 75.5 Å². The number of carbonyl (C=O) groups is 1. The van der Waals surface area contributed by atoms with Crippen LogP contribution in [0, 0.1) is 9.49 Å². The summed E-state index contributed by atoms with van der Waals surface area (Å²) in [7, 11) is 1.89. The first-order chi connectivity index (χ1) is 8.47. The van der Waals surface area contributed by atoms with Gasteiger partial charge in [0.1, 0.15) is 0 Å². The van der Waals surface area contributed by atoms with Gasteiger partial charge in [-0.15, -0.1) is 0 Å². The predicted octanol–water partition coefficient (Wildman–Crippen LogP) is 4.30. The lowest BCUT2D eigenvalue weighted by molar-refractivity contribution is 0.0748. The average molecular weight is 487 g/mol. The summed E-state index contributed by atoms with van der Waals surface area (Å²) in [5.41, 5.74) is 0.749. The van der Waals surface area contributed by atoms with Crippen molar-refractivity contribution >= 4 is 60.4 Å². The van der Waals surface area contributed by atoms with E-state index >= 15 is 0 Å². The van der Waals surface area contributed by atoms with Crippen molar-refractivity contribution in [3.8, 4) is 0 Å². The number of nitrogens with zero attached hydrogens (tertiary/aromatic N) is 1. The van der Waals surface area contributed by atoms with E-state index in [-0.39, 0.29) is 5.91 Å². The number of carbonyl (C=O) groups excluding carboxylic acids is 1. The normalized spacial score (nSPS) is 22.4. The molecule has 1 aromatic rings. The summed E-state index contributed by atoms with van der Waals surface area (Å²) in [6, 6.07) is 5.85. The summed E-state index contributed by atoms with van der Waals surface area (Å²) in [5, 5.41) is 0. The second-order valence-corrected chi connectivity index (χ2v) is 8.14. The van der Waals surface area contributed by atoms with E-state index in [1.165, 1.54) is 12.8 Å². The van der Waals surface area contributed by atoms with Crippen molar-refractivity contribution in [1.29, 1.82) is 0 Å². The van der Waals surface area contributed by atoms with Crippen LogP contribution >= 0.6 is 54.5 Å². The second kappa shape index (κ2) is 6.22. The molecule has 1 fully saturated rings. The van der Waals surface area contributed by atoms with Crippen molar-refractivity contribution in [2.24, 2.45) is 5.92 Å². The Morgan fingerprint density at radius 3 is 2.78 bits per heavy atom. The molecular weight excluding hydrogens is 473 g/mol. The minimum atomic E-state index is 0.0958. The molecule has 18 heavy (non-hydrogen) atoms. The highest BCUT2D eigenvalue weighted by molar-refractivity contribution is 14.1. The maximum atomic E-state index is 12.4. The Balaban J connectivity index is 2.03. The fraction of sp³-hybridized carbons (Fsp3) is 0.462. The molecular formula is C13H14Br2INO. The number of hydrogen-bond donors (Lipinski definition) is 0. The van der Waals surface area contributed by atoms with Crippen molar-refractivity contribution in [2.45, 2.75) is 17.7 Å². The molecule has 2 rings (SSSR count). The van der Waals surface area contributed by atoms with Gasteiger partial charge in [0.2, 0.25) is 0 Å². The smallest absolute Gasteiger partial charge is 0.254 e. The third kappa shape index (κ3) is 3.48. The maximum Gasteiger partial charge on any atom is 0.254 e. The molecule has 0 bridgehead atoms. The van der Waals surface area contributed by atoms with E-state index in [0.29, 0.717) is 10.7 Å². The number of rotatable bonds is 3. The van der Waals surface area contributed by atoms with Gasteiger partial charge in [0.05, 0.1) is 5.56 Å². The Kier molecular flexibility index (Phi) is 5.11. The first-order valence-electron chi connectivity index (χ1n) is 5.82. The van der Waals surface area contributed by atoms with Gasteiger partial charge in [0.25, 0.3) is 5.91 Å². The lowest BCUT2D eigenvalue weighted by Crippen LogP contribution is -2.37. The largest absolute Gasteiger partial charge is 0.341 e. The minimum Gasteiger partial charge on any atom is -0.341 e. The van der Waals surface area contributed by atoms with Crippen LogP contribution < -0.4 is 0 Å². The van der Waals surface area contributed by atoms with Crippen LogP contribution in [0.15, 0.2) is 22.7 Å². The molecule has 1 amide bonds. The zero-order valence-corrected chi connectivity index (χ0v) is 15.3. The molecule has 0 atom stereocenters. The van der Waals surface area contributed by atoms with Gasteiger partial charge < -0.3 is 4.90 Å². The summed E-state index contributed by atoms with van der Waals surface area (Å²) < 4.78 is 1.95. The van der Waals surface area contributed by atoms with E-state index in [9.17, 15) is 4.79 Å². The highest BCUT2D eigenvalue weighted by Crippen LogP contribution is 2.34. The maximum absolute atomic E-state index is 12.4. The Morgan fingerprint density at radius 1 is 1.50 bits per heavy atom. The number of halogens is 3. The molecule has 0 spiro atoms. The average Bonchev–Trinajstić information content (AvgIpc) is 2.29. The van der Waals surface area contributed by atoms with Gasteiger partial charge in [0, 0.05) is 26.5 Å².